The Morgan fingerprint density at radius 2 is 1.95 bits per heavy atom. The Bertz CT molecular complexity index is 714. The molecule has 1 aromatic heterocycles. The Balaban J connectivity index is 2.50. The molecule has 0 spiro atoms. The zero-order valence-electron chi connectivity index (χ0n) is 11.7. The van der Waals surface area contributed by atoms with E-state index >= 15 is 0 Å². The Morgan fingerprint density at radius 3 is 2.60 bits per heavy atom. The van der Waals surface area contributed by atoms with Gasteiger partial charge < -0.3 is 5.32 Å². The van der Waals surface area contributed by atoms with Gasteiger partial charge in [0.15, 0.2) is 0 Å². The van der Waals surface area contributed by atoms with E-state index in [4.69, 9.17) is 0 Å². The third-order valence-corrected chi connectivity index (χ3v) is 4.83. The molecule has 2 aromatic rings. The predicted octanol–water partition coefficient (Wildman–Crippen LogP) is 2.26. The molecule has 1 N–H and O–H groups in total. The molecule has 0 saturated heterocycles. The molecule has 2 rings (SSSR count). The molecule has 0 bridgehead atoms. The molecule has 5 nitrogen and oxygen atoms in total. The third-order valence-electron chi connectivity index (χ3n) is 3.01. The van der Waals surface area contributed by atoms with Crippen LogP contribution in [0.4, 0.5) is 11.5 Å². The average Bonchev–Trinajstić information content (AvgIpc) is 2.46. The fraction of sp³-hybridized carbons (Fsp3) is 0.214. The van der Waals surface area contributed by atoms with Crippen LogP contribution in [0.3, 0.4) is 0 Å². The quantitative estimate of drug-likeness (QED) is 0.938. The lowest BCUT2D eigenvalue weighted by Crippen LogP contribution is -2.27. The number of benzene rings is 1. The van der Waals surface area contributed by atoms with Gasteiger partial charge in [0.1, 0.15) is 10.7 Å². The van der Waals surface area contributed by atoms with Crippen LogP contribution in [0.25, 0.3) is 0 Å². The molecule has 0 fully saturated rings. The molecule has 0 radical (unpaired) electrons. The second-order valence-electron chi connectivity index (χ2n) is 4.41. The van der Waals surface area contributed by atoms with Gasteiger partial charge in [-0.15, -0.1) is 0 Å². The van der Waals surface area contributed by atoms with E-state index in [2.05, 4.69) is 10.3 Å². The molecular weight excluding hydrogens is 274 g/mol. The minimum Gasteiger partial charge on any atom is -0.372 e. The summed E-state index contributed by atoms with van der Waals surface area (Å²) in [4.78, 5) is 4.20. The molecule has 6 heteroatoms. The molecule has 0 amide bonds. The van der Waals surface area contributed by atoms with Crippen molar-refractivity contribution in [2.45, 2.75) is 11.8 Å². The van der Waals surface area contributed by atoms with Crippen molar-refractivity contribution >= 4 is 21.5 Å². The zero-order chi connectivity index (χ0) is 14.8. The monoisotopic (exact) mass is 291 g/mol. The number of hydrogen-bond donors (Lipinski definition) is 1. The first kappa shape index (κ1) is 14.3. The number of nitrogens with one attached hydrogen (secondary N) is 1. The van der Waals surface area contributed by atoms with Crippen LogP contribution in [0.5, 0.6) is 0 Å². The number of pyridine rings is 1. The van der Waals surface area contributed by atoms with Crippen LogP contribution < -0.4 is 9.62 Å². The van der Waals surface area contributed by atoms with Gasteiger partial charge in [-0.05, 0) is 36.8 Å². The van der Waals surface area contributed by atoms with E-state index in [0.29, 0.717) is 11.5 Å². The fourth-order valence-corrected chi connectivity index (χ4v) is 3.23. The van der Waals surface area contributed by atoms with E-state index < -0.39 is 10.0 Å². The van der Waals surface area contributed by atoms with Crippen LogP contribution in [0.2, 0.25) is 0 Å². The van der Waals surface area contributed by atoms with E-state index in [1.165, 1.54) is 11.4 Å². The number of anilines is 2. The summed E-state index contributed by atoms with van der Waals surface area (Å²) in [7, 11) is -0.458. The molecular formula is C14H17N3O2S. The SMILES string of the molecule is CNc1ncccc1S(=O)(=O)N(C)c1cccc(C)c1. The highest BCUT2D eigenvalue weighted by molar-refractivity contribution is 7.93. The predicted molar refractivity (Wildman–Crippen MR) is 80.6 cm³/mol. The minimum absolute atomic E-state index is 0.159. The fourth-order valence-electron chi connectivity index (χ4n) is 1.90. The minimum atomic E-state index is -3.64. The molecule has 1 aromatic carbocycles. The first-order chi connectivity index (χ1) is 9.46. The summed E-state index contributed by atoms with van der Waals surface area (Å²) >= 11 is 0. The lowest BCUT2D eigenvalue weighted by molar-refractivity contribution is 0.594. The Kier molecular flexibility index (Phi) is 3.94. The number of rotatable bonds is 4. The maximum Gasteiger partial charge on any atom is 0.267 e. The highest BCUT2D eigenvalue weighted by Crippen LogP contribution is 2.26. The van der Waals surface area contributed by atoms with Gasteiger partial charge in [-0.3, -0.25) is 4.31 Å². The van der Waals surface area contributed by atoms with Crippen molar-refractivity contribution < 1.29 is 8.42 Å². The summed E-state index contributed by atoms with van der Waals surface area (Å²) in [6.45, 7) is 1.92. The largest absolute Gasteiger partial charge is 0.372 e. The van der Waals surface area contributed by atoms with Gasteiger partial charge in [0.25, 0.3) is 10.0 Å². The van der Waals surface area contributed by atoms with Gasteiger partial charge in [-0.25, -0.2) is 13.4 Å². The van der Waals surface area contributed by atoms with Crippen LogP contribution in [-0.4, -0.2) is 27.5 Å². The van der Waals surface area contributed by atoms with Crippen LogP contribution in [0.15, 0.2) is 47.5 Å². The van der Waals surface area contributed by atoms with Gasteiger partial charge in [0.05, 0.1) is 5.69 Å². The summed E-state index contributed by atoms with van der Waals surface area (Å²) in [5.74, 6) is 0.340. The standard InChI is InChI=1S/C14H17N3O2S/c1-11-6-4-7-12(10-11)17(3)20(18,19)13-8-5-9-16-14(13)15-2/h4-10H,1-3H3,(H,15,16). The van der Waals surface area contributed by atoms with E-state index in [9.17, 15) is 8.42 Å². The number of aryl methyl sites for hydroxylation is 1. The van der Waals surface area contributed by atoms with Gasteiger partial charge >= 0.3 is 0 Å². The summed E-state index contributed by atoms with van der Waals surface area (Å²) in [5.41, 5.74) is 1.63. The van der Waals surface area contributed by atoms with Crippen molar-refractivity contribution in [2.75, 3.05) is 23.7 Å². The molecule has 106 valence electrons. The first-order valence-corrected chi connectivity index (χ1v) is 7.59. The summed E-state index contributed by atoms with van der Waals surface area (Å²) in [6.07, 6.45) is 1.55. The second kappa shape index (κ2) is 5.50. The lowest BCUT2D eigenvalue weighted by Gasteiger charge is -2.21. The van der Waals surface area contributed by atoms with Crippen LogP contribution in [0, 0.1) is 6.92 Å². The molecule has 20 heavy (non-hydrogen) atoms. The first-order valence-electron chi connectivity index (χ1n) is 6.15. The van der Waals surface area contributed by atoms with E-state index in [0.717, 1.165) is 5.56 Å². The Morgan fingerprint density at radius 1 is 1.20 bits per heavy atom. The number of sulfonamides is 1. The maximum absolute atomic E-state index is 12.7. The van der Waals surface area contributed by atoms with Crippen molar-refractivity contribution in [1.82, 2.24) is 4.98 Å². The molecule has 1 heterocycles. The summed E-state index contributed by atoms with van der Waals surface area (Å²) in [6, 6.07) is 10.5. The van der Waals surface area contributed by atoms with Gasteiger partial charge in [-0.2, -0.15) is 0 Å². The zero-order valence-corrected chi connectivity index (χ0v) is 12.5. The van der Waals surface area contributed by atoms with E-state index in [1.807, 2.05) is 25.1 Å². The third kappa shape index (κ3) is 2.60. The van der Waals surface area contributed by atoms with Crippen molar-refractivity contribution in [1.29, 1.82) is 0 Å². The Hall–Kier alpha value is -2.08. The van der Waals surface area contributed by atoms with Crippen molar-refractivity contribution in [3.63, 3.8) is 0 Å². The average molecular weight is 291 g/mol. The summed E-state index contributed by atoms with van der Waals surface area (Å²) in [5, 5.41) is 2.80. The number of hydrogen-bond acceptors (Lipinski definition) is 4. The molecule has 0 saturated carbocycles. The number of nitrogens with zero attached hydrogens (tertiary/aromatic N) is 2. The van der Waals surface area contributed by atoms with E-state index in [1.54, 1.807) is 31.4 Å². The number of aromatic nitrogens is 1. The maximum atomic E-state index is 12.7. The second-order valence-corrected chi connectivity index (χ2v) is 6.35. The topological polar surface area (TPSA) is 62.3 Å². The smallest absolute Gasteiger partial charge is 0.267 e. The van der Waals surface area contributed by atoms with Crippen molar-refractivity contribution in [2.24, 2.45) is 0 Å². The van der Waals surface area contributed by atoms with Crippen LogP contribution in [-0.2, 0) is 10.0 Å². The molecule has 0 aliphatic rings. The van der Waals surface area contributed by atoms with Gasteiger partial charge in [-0.1, -0.05) is 12.1 Å². The Labute approximate surface area is 119 Å². The van der Waals surface area contributed by atoms with Crippen LogP contribution >= 0.6 is 0 Å². The van der Waals surface area contributed by atoms with Crippen molar-refractivity contribution in [3.8, 4) is 0 Å². The van der Waals surface area contributed by atoms with Gasteiger partial charge in [0.2, 0.25) is 0 Å². The highest BCUT2D eigenvalue weighted by atomic mass is 32.2. The normalized spacial score (nSPS) is 11.2. The van der Waals surface area contributed by atoms with Crippen molar-refractivity contribution in [3.05, 3.63) is 48.2 Å². The molecule has 0 aliphatic carbocycles. The highest BCUT2D eigenvalue weighted by Gasteiger charge is 2.24. The lowest BCUT2D eigenvalue weighted by atomic mass is 10.2. The molecule has 0 unspecified atom stereocenters. The van der Waals surface area contributed by atoms with Gasteiger partial charge in [0, 0.05) is 20.3 Å². The molecule has 0 aliphatic heterocycles. The summed E-state index contributed by atoms with van der Waals surface area (Å²) < 4.78 is 26.6. The van der Waals surface area contributed by atoms with E-state index in [-0.39, 0.29) is 4.90 Å². The molecule has 0 atom stereocenters. The van der Waals surface area contributed by atoms with Crippen LogP contribution in [0.1, 0.15) is 5.56 Å².